The van der Waals surface area contributed by atoms with Crippen molar-refractivity contribution < 1.29 is 9.90 Å². The van der Waals surface area contributed by atoms with Gasteiger partial charge in [-0.05, 0) is 12.8 Å². The zero-order chi connectivity index (χ0) is 9.42. The van der Waals surface area contributed by atoms with Gasteiger partial charge in [-0.3, -0.25) is 4.79 Å². The Morgan fingerprint density at radius 3 is 3.08 bits per heavy atom. The van der Waals surface area contributed by atoms with Crippen LogP contribution in [-0.2, 0) is 11.2 Å². The molecule has 1 aliphatic carbocycles. The molecule has 4 nitrogen and oxygen atoms in total. The van der Waals surface area contributed by atoms with Crippen LogP contribution >= 0.6 is 11.6 Å². The van der Waals surface area contributed by atoms with Crippen LogP contribution in [0.4, 0.5) is 0 Å². The minimum atomic E-state index is -0.839. The van der Waals surface area contributed by atoms with Crippen molar-refractivity contribution in [3.8, 4) is 0 Å². The Balaban J connectivity index is 2.49. The number of carboxylic acids is 1. The van der Waals surface area contributed by atoms with Crippen LogP contribution < -0.4 is 0 Å². The number of carbonyl (C=O) groups is 1. The lowest BCUT2D eigenvalue weighted by atomic mass is 10.1. The number of fused-ring (bicyclic) bond motifs is 1. The van der Waals surface area contributed by atoms with E-state index in [1.807, 2.05) is 0 Å². The van der Waals surface area contributed by atoms with Gasteiger partial charge in [-0.2, -0.15) is 0 Å². The van der Waals surface area contributed by atoms with Crippen LogP contribution in [0, 0.1) is 0 Å². The minimum Gasteiger partial charge on any atom is -0.481 e. The van der Waals surface area contributed by atoms with E-state index in [0.29, 0.717) is 23.7 Å². The number of carboxylic acid groups (broad SMARTS) is 1. The lowest BCUT2D eigenvalue weighted by Gasteiger charge is -2.03. The first-order valence-electron chi connectivity index (χ1n) is 3.92. The quantitative estimate of drug-likeness (QED) is 0.690. The average Bonchev–Trinajstić information content (AvgIpc) is 2.48. The Bertz CT molecular complexity index is 367. The van der Waals surface area contributed by atoms with Crippen molar-refractivity contribution in [2.75, 3.05) is 0 Å². The topological polar surface area (TPSA) is 63.1 Å². The molecular formula is C8H7ClN2O2. The van der Waals surface area contributed by atoms with E-state index in [9.17, 15) is 4.79 Å². The fraction of sp³-hybridized carbons (Fsp3) is 0.375. The lowest BCUT2D eigenvalue weighted by Crippen LogP contribution is -2.09. The summed E-state index contributed by atoms with van der Waals surface area (Å²) >= 11 is 5.80. The third kappa shape index (κ3) is 1.27. The largest absolute Gasteiger partial charge is 0.481 e. The molecule has 13 heavy (non-hydrogen) atoms. The number of aromatic nitrogens is 2. The molecule has 68 valence electrons. The minimum absolute atomic E-state index is 0.383. The predicted octanol–water partition coefficient (Wildman–Crippen LogP) is 1.24. The van der Waals surface area contributed by atoms with Crippen LogP contribution in [0.5, 0.6) is 0 Å². The van der Waals surface area contributed by atoms with Gasteiger partial charge in [0.2, 0.25) is 0 Å². The van der Waals surface area contributed by atoms with Gasteiger partial charge in [0.25, 0.3) is 0 Å². The molecule has 0 aliphatic heterocycles. The average molecular weight is 199 g/mol. The van der Waals surface area contributed by atoms with Gasteiger partial charge in [-0.1, -0.05) is 11.6 Å². The molecule has 0 spiro atoms. The highest BCUT2D eigenvalue weighted by Gasteiger charge is 2.31. The third-order valence-corrected chi connectivity index (χ3v) is 2.56. The number of aliphatic carboxylic acids is 1. The van der Waals surface area contributed by atoms with E-state index < -0.39 is 11.9 Å². The second kappa shape index (κ2) is 2.96. The molecule has 5 heteroatoms. The molecule has 0 aromatic carbocycles. The van der Waals surface area contributed by atoms with E-state index in [4.69, 9.17) is 16.7 Å². The van der Waals surface area contributed by atoms with Crippen LogP contribution in [0.2, 0.25) is 5.15 Å². The summed E-state index contributed by atoms with van der Waals surface area (Å²) in [6.45, 7) is 0. The van der Waals surface area contributed by atoms with Crippen molar-refractivity contribution in [3.63, 3.8) is 0 Å². The molecule has 1 aliphatic rings. The fourth-order valence-electron chi connectivity index (χ4n) is 1.60. The van der Waals surface area contributed by atoms with Crippen molar-refractivity contribution in [2.45, 2.75) is 18.8 Å². The van der Waals surface area contributed by atoms with Gasteiger partial charge >= 0.3 is 5.97 Å². The van der Waals surface area contributed by atoms with Crippen LogP contribution in [-0.4, -0.2) is 21.0 Å². The van der Waals surface area contributed by atoms with E-state index in [-0.39, 0.29) is 0 Å². The van der Waals surface area contributed by atoms with Crippen LogP contribution in [0.3, 0.4) is 0 Å². The van der Waals surface area contributed by atoms with E-state index in [1.165, 1.54) is 6.33 Å². The Labute approximate surface area is 79.6 Å². The first-order chi connectivity index (χ1) is 6.20. The first kappa shape index (κ1) is 8.44. The smallest absolute Gasteiger partial charge is 0.312 e. The van der Waals surface area contributed by atoms with Crippen LogP contribution in [0.25, 0.3) is 0 Å². The van der Waals surface area contributed by atoms with Gasteiger partial charge in [0.15, 0.2) is 0 Å². The van der Waals surface area contributed by atoms with Gasteiger partial charge in [0, 0.05) is 5.56 Å². The highest BCUT2D eigenvalue weighted by molar-refractivity contribution is 6.30. The lowest BCUT2D eigenvalue weighted by molar-refractivity contribution is -0.138. The van der Waals surface area contributed by atoms with E-state index >= 15 is 0 Å². The second-order valence-electron chi connectivity index (χ2n) is 2.96. The maximum atomic E-state index is 10.8. The van der Waals surface area contributed by atoms with Gasteiger partial charge in [0.1, 0.15) is 11.5 Å². The summed E-state index contributed by atoms with van der Waals surface area (Å²) in [6.07, 6.45) is 2.54. The standard InChI is InChI=1S/C8H7ClN2O2/c9-7-4-1-2-5(8(12)13)6(4)10-3-11-7/h3,5H,1-2H2,(H,12,13). The molecule has 1 aromatic heterocycles. The van der Waals surface area contributed by atoms with Crippen LogP contribution in [0.1, 0.15) is 23.6 Å². The van der Waals surface area contributed by atoms with Gasteiger partial charge in [0.05, 0.1) is 11.6 Å². The van der Waals surface area contributed by atoms with Crippen molar-refractivity contribution in [1.29, 1.82) is 0 Å². The molecule has 0 saturated carbocycles. The summed E-state index contributed by atoms with van der Waals surface area (Å²) in [5.41, 5.74) is 1.36. The van der Waals surface area contributed by atoms with Gasteiger partial charge < -0.3 is 5.11 Å². The van der Waals surface area contributed by atoms with Gasteiger partial charge in [-0.15, -0.1) is 0 Å². The molecule has 0 saturated heterocycles. The Kier molecular flexibility index (Phi) is 1.92. The van der Waals surface area contributed by atoms with Gasteiger partial charge in [-0.25, -0.2) is 9.97 Å². The summed E-state index contributed by atoms with van der Waals surface area (Å²) in [5, 5.41) is 9.23. The summed E-state index contributed by atoms with van der Waals surface area (Å²) in [6, 6.07) is 0. The molecule has 1 heterocycles. The summed E-state index contributed by atoms with van der Waals surface area (Å²) in [4.78, 5) is 18.5. The normalized spacial score (nSPS) is 19.9. The van der Waals surface area contributed by atoms with E-state index in [2.05, 4.69) is 9.97 Å². The highest BCUT2D eigenvalue weighted by atomic mass is 35.5. The van der Waals surface area contributed by atoms with E-state index in [0.717, 1.165) is 5.56 Å². The number of halogens is 1. The molecule has 1 atom stereocenters. The second-order valence-corrected chi connectivity index (χ2v) is 3.32. The molecule has 0 fully saturated rings. The molecular weight excluding hydrogens is 192 g/mol. The molecule has 2 rings (SSSR count). The molecule has 1 unspecified atom stereocenters. The number of rotatable bonds is 1. The maximum absolute atomic E-state index is 10.8. The van der Waals surface area contributed by atoms with Crippen molar-refractivity contribution in [1.82, 2.24) is 9.97 Å². The predicted molar refractivity (Wildman–Crippen MR) is 45.7 cm³/mol. The molecule has 0 bridgehead atoms. The molecule has 0 amide bonds. The molecule has 1 N–H and O–H groups in total. The number of hydrogen-bond acceptors (Lipinski definition) is 3. The summed E-state index contributed by atoms with van der Waals surface area (Å²) in [5.74, 6) is -1.34. The molecule has 0 radical (unpaired) electrons. The summed E-state index contributed by atoms with van der Waals surface area (Å²) in [7, 11) is 0. The maximum Gasteiger partial charge on any atom is 0.312 e. The monoisotopic (exact) mass is 198 g/mol. The Hall–Kier alpha value is -1.16. The summed E-state index contributed by atoms with van der Waals surface area (Å²) < 4.78 is 0. The number of hydrogen-bond donors (Lipinski definition) is 1. The van der Waals surface area contributed by atoms with Crippen molar-refractivity contribution in [3.05, 3.63) is 22.7 Å². The first-order valence-corrected chi connectivity index (χ1v) is 4.30. The molecule has 1 aromatic rings. The number of nitrogens with zero attached hydrogens (tertiary/aromatic N) is 2. The van der Waals surface area contributed by atoms with Crippen molar-refractivity contribution >= 4 is 17.6 Å². The highest BCUT2D eigenvalue weighted by Crippen LogP contribution is 2.34. The van der Waals surface area contributed by atoms with Crippen molar-refractivity contribution in [2.24, 2.45) is 0 Å². The third-order valence-electron chi connectivity index (χ3n) is 2.24. The SMILES string of the molecule is O=C(O)C1CCc2c(Cl)ncnc21. The van der Waals surface area contributed by atoms with E-state index in [1.54, 1.807) is 0 Å². The zero-order valence-electron chi connectivity index (χ0n) is 6.70. The zero-order valence-corrected chi connectivity index (χ0v) is 7.45. The van der Waals surface area contributed by atoms with Crippen LogP contribution in [0.15, 0.2) is 6.33 Å². The Morgan fingerprint density at radius 1 is 1.62 bits per heavy atom. The fourth-order valence-corrected chi connectivity index (χ4v) is 1.84. The Morgan fingerprint density at radius 2 is 2.38 bits per heavy atom.